The van der Waals surface area contributed by atoms with E-state index in [9.17, 15) is 4.39 Å². The summed E-state index contributed by atoms with van der Waals surface area (Å²) < 4.78 is 14.1. The summed E-state index contributed by atoms with van der Waals surface area (Å²) in [5.41, 5.74) is 6.73. The maximum atomic E-state index is 14.1. The first-order chi connectivity index (χ1) is 9.61. The molecule has 3 N–H and O–H groups in total. The third-order valence-corrected chi connectivity index (χ3v) is 4.14. The summed E-state index contributed by atoms with van der Waals surface area (Å²) in [6.07, 6.45) is 4.29. The minimum Gasteiger partial charge on any atom is -0.396 e. The molecule has 0 saturated heterocycles. The second-order valence-corrected chi connectivity index (χ2v) is 5.74. The SMILES string of the molecule is NC(=S)c1ccc(CN(CCCO)C2CCC2)c(F)c1. The highest BCUT2D eigenvalue weighted by Crippen LogP contribution is 2.27. The topological polar surface area (TPSA) is 49.5 Å². The third-order valence-electron chi connectivity index (χ3n) is 3.91. The lowest BCUT2D eigenvalue weighted by molar-refractivity contribution is 0.108. The highest BCUT2D eigenvalue weighted by molar-refractivity contribution is 7.80. The van der Waals surface area contributed by atoms with Crippen LogP contribution in [-0.4, -0.2) is 34.2 Å². The molecule has 1 saturated carbocycles. The molecule has 0 heterocycles. The number of rotatable bonds is 7. The Kier molecular flexibility index (Phi) is 5.46. The van der Waals surface area contributed by atoms with Crippen molar-refractivity contribution in [3.05, 3.63) is 35.1 Å². The fourth-order valence-electron chi connectivity index (χ4n) is 2.46. The smallest absolute Gasteiger partial charge is 0.128 e. The predicted octanol–water partition coefficient (Wildman–Crippen LogP) is 2.20. The van der Waals surface area contributed by atoms with Gasteiger partial charge in [-0.05, 0) is 25.3 Å². The van der Waals surface area contributed by atoms with Crippen LogP contribution in [0.2, 0.25) is 0 Å². The monoisotopic (exact) mass is 296 g/mol. The van der Waals surface area contributed by atoms with Gasteiger partial charge in [0.25, 0.3) is 0 Å². The Morgan fingerprint density at radius 3 is 2.70 bits per heavy atom. The molecule has 0 bridgehead atoms. The molecule has 0 radical (unpaired) electrons. The molecule has 2 rings (SSSR count). The van der Waals surface area contributed by atoms with Crippen LogP contribution in [0.3, 0.4) is 0 Å². The number of nitrogens with zero attached hydrogens (tertiary/aromatic N) is 1. The fraction of sp³-hybridized carbons (Fsp3) is 0.533. The lowest BCUT2D eigenvalue weighted by atomic mass is 9.91. The number of hydrogen-bond donors (Lipinski definition) is 2. The Hall–Kier alpha value is -1.04. The Labute approximate surface area is 124 Å². The average molecular weight is 296 g/mol. The molecule has 0 aliphatic heterocycles. The van der Waals surface area contributed by atoms with Crippen LogP contribution in [0.1, 0.15) is 36.8 Å². The summed E-state index contributed by atoms with van der Waals surface area (Å²) in [6.45, 7) is 1.55. The zero-order chi connectivity index (χ0) is 14.5. The number of thiocarbonyl (C=S) groups is 1. The van der Waals surface area contributed by atoms with E-state index in [1.807, 2.05) is 0 Å². The zero-order valence-corrected chi connectivity index (χ0v) is 12.3. The first kappa shape index (κ1) is 15.4. The number of hydrogen-bond acceptors (Lipinski definition) is 3. The van der Waals surface area contributed by atoms with Crippen LogP contribution in [0.5, 0.6) is 0 Å². The lowest BCUT2D eigenvalue weighted by Gasteiger charge is -2.37. The van der Waals surface area contributed by atoms with Crippen molar-refractivity contribution in [2.24, 2.45) is 5.73 Å². The highest BCUT2D eigenvalue weighted by atomic mass is 32.1. The Morgan fingerprint density at radius 1 is 1.45 bits per heavy atom. The molecule has 1 fully saturated rings. The maximum absolute atomic E-state index is 14.1. The van der Waals surface area contributed by atoms with E-state index in [-0.39, 0.29) is 17.4 Å². The second-order valence-electron chi connectivity index (χ2n) is 5.30. The fourth-order valence-corrected chi connectivity index (χ4v) is 2.59. The lowest BCUT2D eigenvalue weighted by Crippen LogP contribution is -2.40. The van der Waals surface area contributed by atoms with E-state index >= 15 is 0 Å². The molecule has 1 aliphatic carbocycles. The van der Waals surface area contributed by atoms with E-state index < -0.39 is 0 Å². The van der Waals surface area contributed by atoms with Crippen LogP contribution in [0.4, 0.5) is 4.39 Å². The number of benzene rings is 1. The van der Waals surface area contributed by atoms with E-state index in [1.54, 1.807) is 12.1 Å². The Bertz CT molecular complexity index is 477. The molecule has 0 spiro atoms. The summed E-state index contributed by atoms with van der Waals surface area (Å²) in [5.74, 6) is -0.261. The molecule has 0 atom stereocenters. The van der Waals surface area contributed by atoms with Gasteiger partial charge in [-0.15, -0.1) is 0 Å². The van der Waals surface area contributed by atoms with Crippen molar-refractivity contribution < 1.29 is 9.50 Å². The minimum absolute atomic E-state index is 0.173. The minimum atomic E-state index is -0.261. The van der Waals surface area contributed by atoms with Gasteiger partial charge in [0.2, 0.25) is 0 Å². The number of aliphatic hydroxyl groups excluding tert-OH is 1. The second kappa shape index (κ2) is 7.11. The zero-order valence-electron chi connectivity index (χ0n) is 11.5. The third kappa shape index (κ3) is 3.75. The van der Waals surface area contributed by atoms with E-state index in [2.05, 4.69) is 4.90 Å². The van der Waals surface area contributed by atoms with E-state index in [0.29, 0.717) is 23.7 Å². The molecule has 20 heavy (non-hydrogen) atoms. The van der Waals surface area contributed by atoms with Gasteiger partial charge >= 0.3 is 0 Å². The molecule has 0 aromatic heterocycles. The number of nitrogens with two attached hydrogens (primary N) is 1. The van der Waals surface area contributed by atoms with Crippen molar-refractivity contribution >= 4 is 17.2 Å². The van der Waals surface area contributed by atoms with Crippen molar-refractivity contribution in [3.8, 4) is 0 Å². The van der Waals surface area contributed by atoms with Gasteiger partial charge in [-0.2, -0.15) is 0 Å². The summed E-state index contributed by atoms with van der Waals surface area (Å²) in [7, 11) is 0. The quantitative estimate of drug-likeness (QED) is 0.757. The number of halogens is 1. The van der Waals surface area contributed by atoms with Crippen LogP contribution < -0.4 is 5.73 Å². The van der Waals surface area contributed by atoms with Gasteiger partial charge in [0.1, 0.15) is 10.8 Å². The molecule has 0 amide bonds. The van der Waals surface area contributed by atoms with Crippen LogP contribution in [0, 0.1) is 5.82 Å². The van der Waals surface area contributed by atoms with Crippen molar-refractivity contribution in [1.29, 1.82) is 0 Å². The van der Waals surface area contributed by atoms with Gasteiger partial charge in [0, 0.05) is 36.9 Å². The average Bonchev–Trinajstić information content (AvgIpc) is 2.35. The van der Waals surface area contributed by atoms with Crippen molar-refractivity contribution in [2.45, 2.75) is 38.3 Å². The molecule has 5 heteroatoms. The van der Waals surface area contributed by atoms with E-state index in [0.717, 1.165) is 25.8 Å². The summed E-state index contributed by atoms with van der Waals surface area (Å²) in [5, 5.41) is 8.98. The molecule has 3 nitrogen and oxygen atoms in total. The van der Waals surface area contributed by atoms with Crippen molar-refractivity contribution in [1.82, 2.24) is 4.90 Å². The Balaban J connectivity index is 2.07. The predicted molar refractivity (Wildman–Crippen MR) is 82.0 cm³/mol. The molecule has 1 aromatic rings. The highest BCUT2D eigenvalue weighted by Gasteiger charge is 2.25. The van der Waals surface area contributed by atoms with Crippen LogP contribution in [0.15, 0.2) is 18.2 Å². The maximum Gasteiger partial charge on any atom is 0.128 e. The van der Waals surface area contributed by atoms with Gasteiger partial charge in [0.15, 0.2) is 0 Å². The molecular weight excluding hydrogens is 275 g/mol. The first-order valence-electron chi connectivity index (χ1n) is 7.05. The largest absolute Gasteiger partial charge is 0.396 e. The van der Waals surface area contributed by atoms with E-state index in [4.69, 9.17) is 23.1 Å². The van der Waals surface area contributed by atoms with Crippen molar-refractivity contribution in [3.63, 3.8) is 0 Å². The molecular formula is C15H21FN2OS. The van der Waals surface area contributed by atoms with Crippen LogP contribution in [-0.2, 0) is 6.54 Å². The van der Waals surface area contributed by atoms with Gasteiger partial charge in [0.05, 0.1) is 0 Å². The van der Waals surface area contributed by atoms with Crippen molar-refractivity contribution in [2.75, 3.05) is 13.2 Å². The number of aliphatic hydroxyl groups is 1. The molecule has 1 aliphatic rings. The standard InChI is InChI=1S/C15H21FN2OS/c16-14-9-11(15(17)20)5-6-12(14)10-18(7-2-8-19)13-3-1-4-13/h5-6,9,13,19H,1-4,7-8,10H2,(H2,17,20). The first-order valence-corrected chi connectivity index (χ1v) is 7.45. The van der Waals surface area contributed by atoms with E-state index in [1.165, 1.54) is 12.5 Å². The van der Waals surface area contributed by atoms with Crippen LogP contribution >= 0.6 is 12.2 Å². The molecule has 110 valence electrons. The van der Waals surface area contributed by atoms with Gasteiger partial charge in [-0.3, -0.25) is 4.90 Å². The normalized spacial score (nSPS) is 15.3. The van der Waals surface area contributed by atoms with Gasteiger partial charge < -0.3 is 10.8 Å². The summed E-state index contributed by atoms with van der Waals surface area (Å²) in [4.78, 5) is 2.48. The molecule has 0 unspecified atom stereocenters. The van der Waals surface area contributed by atoms with Gasteiger partial charge in [-0.1, -0.05) is 30.8 Å². The summed E-state index contributed by atoms with van der Waals surface area (Å²) >= 11 is 4.85. The molecule has 1 aromatic carbocycles. The Morgan fingerprint density at radius 2 is 2.20 bits per heavy atom. The summed E-state index contributed by atoms with van der Waals surface area (Å²) in [6, 6.07) is 5.46. The van der Waals surface area contributed by atoms with Crippen LogP contribution in [0.25, 0.3) is 0 Å². The van der Waals surface area contributed by atoms with Gasteiger partial charge in [-0.25, -0.2) is 4.39 Å².